The van der Waals surface area contributed by atoms with Crippen molar-refractivity contribution in [3.05, 3.63) is 22.7 Å². The summed E-state index contributed by atoms with van der Waals surface area (Å²) in [5.41, 5.74) is 1.13. The zero-order valence-corrected chi connectivity index (χ0v) is 11.8. The van der Waals surface area contributed by atoms with Crippen molar-refractivity contribution in [1.82, 2.24) is 0 Å². The smallest absolute Gasteiger partial charge is 0.162 e. The molecule has 0 N–H and O–H groups in total. The fourth-order valence-corrected chi connectivity index (χ4v) is 3.59. The zero-order valence-electron chi connectivity index (χ0n) is 9.42. The molecule has 1 heterocycles. The Morgan fingerprint density at radius 1 is 1.18 bits per heavy atom. The standard InChI is InChI=1S/C13H14BrClO2/c14-13(8-2-1-3-8)9-6-11-12(7-10(9)15)17-5-4-16-11/h6-8,13H,1-5H2. The van der Waals surface area contributed by atoms with E-state index in [9.17, 15) is 0 Å². The van der Waals surface area contributed by atoms with Crippen LogP contribution < -0.4 is 9.47 Å². The minimum Gasteiger partial charge on any atom is -0.486 e. The molecule has 0 amide bonds. The Morgan fingerprint density at radius 3 is 2.41 bits per heavy atom. The summed E-state index contributed by atoms with van der Waals surface area (Å²) in [6.07, 6.45) is 3.89. The van der Waals surface area contributed by atoms with Crippen LogP contribution in [0.15, 0.2) is 12.1 Å². The Morgan fingerprint density at radius 2 is 1.82 bits per heavy atom. The molecule has 2 aliphatic rings. The average molecular weight is 318 g/mol. The molecule has 1 fully saturated rings. The van der Waals surface area contributed by atoms with Gasteiger partial charge in [0.25, 0.3) is 0 Å². The SMILES string of the molecule is Clc1cc2c(cc1C(Br)C1CCC1)OCCO2. The number of ether oxygens (including phenoxy) is 2. The van der Waals surface area contributed by atoms with E-state index in [1.54, 1.807) is 0 Å². The van der Waals surface area contributed by atoms with Crippen LogP contribution in [0.3, 0.4) is 0 Å². The normalized spacial score (nSPS) is 20.8. The molecule has 1 aliphatic carbocycles. The summed E-state index contributed by atoms with van der Waals surface area (Å²) in [4.78, 5) is 0.333. The number of hydrogen-bond acceptors (Lipinski definition) is 2. The summed E-state index contributed by atoms with van der Waals surface area (Å²) in [6.45, 7) is 1.22. The van der Waals surface area contributed by atoms with Crippen molar-refractivity contribution in [3.63, 3.8) is 0 Å². The van der Waals surface area contributed by atoms with Crippen LogP contribution in [0.4, 0.5) is 0 Å². The van der Waals surface area contributed by atoms with Crippen LogP contribution in [0.2, 0.25) is 5.02 Å². The van der Waals surface area contributed by atoms with Crippen LogP contribution in [0.5, 0.6) is 11.5 Å². The molecule has 0 saturated heterocycles. The number of alkyl halides is 1. The molecule has 4 heteroatoms. The summed E-state index contributed by atoms with van der Waals surface area (Å²) < 4.78 is 11.1. The maximum atomic E-state index is 6.32. The van der Waals surface area contributed by atoms with Crippen molar-refractivity contribution in [2.24, 2.45) is 5.92 Å². The van der Waals surface area contributed by atoms with Gasteiger partial charge in [0, 0.05) is 15.9 Å². The van der Waals surface area contributed by atoms with Crippen LogP contribution in [0.25, 0.3) is 0 Å². The molecular weight excluding hydrogens is 303 g/mol. The summed E-state index contributed by atoms with van der Waals surface area (Å²) in [6, 6.07) is 3.90. The van der Waals surface area contributed by atoms with E-state index in [-0.39, 0.29) is 0 Å². The van der Waals surface area contributed by atoms with Gasteiger partial charge in [0.2, 0.25) is 0 Å². The lowest BCUT2D eigenvalue weighted by atomic mass is 9.81. The molecule has 1 aromatic carbocycles. The van der Waals surface area contributed by atoms with E-state index in [0.29, 0.717) is 24.0 Å². The Balaban J connectivity index is 1.92. The molecule has 2 nitrogen and oxygen atoms in total. The third-order valence-corrected chi connectivity index (χ3v) is 5.09. The van der Waals surface area contributed by atoms with Crippen molar-refractivity contribution >= 4 is 27.5 Å². The second-order valence-corrected chi connectivity index (χ2v) is 6.00. The van der Waals surface area contributed by atoms with Crippen molar-refractivity contribution < 1.29 is 9.47 Å². The van der Waals surface area contributed by atoms with E-state index < -0.39 is 0 Å². The topological polar surface area (TPSA) is 18.5 Å². The predicted octanol–water partition coefficient (Wildman–Crippen LogP) is 4.35. The highest BCUT2D eigenvalue weighted by molar-refractivity contribution is 9.09. The van der Waals surface area contributed by atoms with Crippen LogP contribution in [0.1, 0.15) is 29.7 Å². The lowest BCUT2D eigenvalue weighted by Gasteiger charge is -2.31. The van der Waals surface area contributed by atoms with Crippen molar-refractivity contribution in [3.8, 4) is 11.5 Å². The molecule has 1 atom stereocenters. The van der Waals surface area contributed by atoms with Crippen LogP contribution in [0, 0.1) is 5.92 Å². The van der Waals surface area contributed by atoms with Crippen LogP contribution in [-0.4, -0.2) is 13.2 Å². The number of rotatable bonds is 2. The predicted molar refractivity (Wildman–Crippen MR) is 71.5 cm³/mol. The Kier molecular flexibility index (Phi) is 3.22. The summed E-state index contributed by atoms with van der Waals surface area (Å²) >= 11 is 10.1. The zero-order chi connectivity index (χ0) is 11.8. The molecule has 1 unspecified atom stereocenters. The number of fused-ring (bicyclic) bond motifs is 1. The summed E-state index contributed by atoms with van der Waals surface area (Å²) in [5.74, 6) is 2.28. The van der Waals surface area contributed by atoms with Gasteiger partial charge >= 0.3 is 0 Å². The monoisotopic (exact) mass is 316 g/mol. The first-order valence-electron chi connectivity index (χ1n) is 5.99. The molecule has 0 radical (unpaired) electrons. The van der Waals surface area contributed by atoms with Crippen molar-refractivity contribution in [2.45, 2.75) is 24.1 Å². The molecule has 0 spiro atoms. The van der Waals surface area contributed by atoms with Gasteiger partial charge in [-0.25, -0.2) is 0 Å². The number of benzene rings is 1. The number of hydrogen-bond donors (Lipinski definition) is 0. The van der Waals surface area contributed by atoms with E-state index in [1.807, 2.05) is 12.1 Å². The van der Waals surface area contributed by atoms with E-state index in [4.69, 9.17) is 21.1 Å². The Labute approximate surface area is 114 Å². The average Bonchev–Trinajstić information content (AvgIpc) is 2.25. The van der Waals surface area contributed by atoms with Gasteiger partial charge in [-0.05, 0) is 30.4 Å². The second kappa shape index (κ2) is 4.69. The highest BCUT2D eigenvalue weighted by atomic mass is 79.9. The molecule has 1 saturated carbocycles. The van der Waals surface area contributed by atoms with E-state index in [2.05, 4.69) is 15.9 Å². The maximum absolute atomic E-state index is 6.32. The van der Waals surface area contributed by atoms with Gasteiger partial charge in [-0.15, -0.1) is 0 Å². The van der Waals surface area contributed by atoms with Gasteiger partial charge in [0.05, 0.1) is 0 Å². The lowest BCUT2D eigenvalue weighted by Crippen LogP contribution is -2.18. The first-order valence-corrected chi connectivity index (χ1v) is 7.28. The van der Waals surface area contributed by atoms with Crippen molar-refractivity contribution in [2.75, 3.05) is 13.2 Å². The Hall–Kier alpha value is -0.410. The number of halogens is 2. The van der Waals surface area contributed by atoms with Gasteiger partial charge in [0.15, 0.2) is 11.5 Å². The first kappa shape index (κ1) is 11.7. The molecule has 3 rings (SSSR count). The van der Waals surface area contributed by atoms with Gasteiger partial charge < -0.3 is 9.47 Å². The van der Waals surface area contributed by atoms with Crippen LogP contribution in [-0.2, 0) is 0 Å². The van der Waals surface area contributed by atoms with Gasteiger partial charge in [-0.2, -0.15) is 0 Å². The molecular formula is C13H14BrClO2. The van der Waals surface area contributed by atoms with Gasteiger partial charge in [0.1, 0.15) is 13.2 Å². The van der Waals surface area contributed by atoms with E-state index in [0.717, 1.165) is 22.1 Å². The fourth-order valence-electron chi connectivity index (χ4n) is 2.28. The molecule has 0 aromatic heterocycles. The fraction of sp³-hybridized carbons (Fsp3) is 0.538. The van der Waals surface area contributed by atoms with Gasteiger partial charge in [-0.3, -0.25) is 0 Å². The third kappa shape index (κ3) is 2.15. The first-order chi connectivity index (χ1) is 8.25. The largest absolute Gasteiger partial charge is 0.486 e. The molecule has 92 valence electrons. The molecule has 1 aromatic rings. The summed E-state index contributed by atoms with van der Waals surface area (Å²) in [5, 5.41) is 0.767. The highest BCUT2D eigenvalue weighted by Gasteiger charge is 2.29. The lowest BCUT2D eigenvalue weighted by molar-refractivity contribution is 0.171. The minimum atomic E-state index is 0.333. The summed E-state index contributed by atoms with van der Waals surface area (Å²) in [7, 11) is 0. The quantitative estimate of drug-likeness (QED) is 0.755. The van der Waals surface area contributed by atoms with E-state index in [1.165, 1.54) is 19.3 Å². The molecule has 1 aliphatic heterocycles. The molecule has 17 heavy (non-hydrogen) atoms. The van der Waals surface area contributed by atoms with Crippen molar-refractivity contribution in [1.29, 1.82) is 0 Å². The highest BCUT2D eigenvalue weighted by Crippen LogP contribution is 2.47. The van der Waals surface area contributed by atoms with Gasteiger partial charge in [-0.1, -0.05) is 34.0 Å². The third-order valence-electron chi connectivity index (χ3n) is 3.52. The Bertz CT molecular complexity index is 432. The second-order valence-electron chi connectivity index (χ2n) is 4.61. The molecule has 0 bridgehead atoms. The maximum Gasteiger partial charge on any atom is 0.162 e. The van der Waals surface area contributed by atoms with E-state index >= 15 is 0 Å². The van der Waals surface area contributed by atoms with Crippen LogP contribution >= 0.6 is 27.5 Å². The minimum absolute atomic E-state index is 0.333.